The van der Waals surface area contributed by atoms with Gasteiger partial charge in [-0.15, -0.1) is 0 Å². The van der Waals surface area contributed by atoms with Crippen LogP contribution in [0.3, 0.4) is 0 Å². The van der Waals surface area contributed by atoms with Crippen molar-refractivity contribution >= 4 is 54.7 Å². The molecular formula is C34H28N4+2. The van der Waals surface area contributed by atoms with E-state index in [2.05, 4.69) is 106 Å². The molecule has 0 fully saturated rings. The molecule has 7 aromatic rings. The van der Waals surface area contributed by atoms with Crippen LogP contribution in [0.2, 0.25) is 0 Å². The summed E-state index contributed by atoms with van der Waals surface area (Å²) in [5.41, 5.74) is 18.9. The zero-order valence-corrected chi connectivity index (χ0v) is 21.0. The van der Waals surface area contributed by atoms with Crippen molar-refractivity contribution in [3.8, 4) is 0 Å². The van der Waals surface area contributed by atoms with E-state index in [0.717, 1.165) is 46.3 Å². The molecule has 38 heavy (non-hydrogen) atoms. The Morgan fingerprint density at radius 1 is 0.447 bits per heavy atom. The molecule has 4 nitrogen and oxygen atoms in total. The number of fused-ring (bicyclic) bond motifs is 5. The molecule has 0 aliphatic carbocycles. The monoisotopic (exact) mass is 492 g/mol. The van der Waals surface area contributed by atoms with E-state index in [1.807, 2.05) is 24.3 Å². The molecule has 0 saturated carbocycles. The summed E-state index contributed by atoms with van der Waals surface area (Å²) >= 11 is 0. The van der Waals surface area contributed by atoms with Gasteiger partial charge in [-0.3, -0.25) is 0 Å². The second-order valence-electron chi connectivity index (χ2n) is 10.0. The first-order valence-corrected chi connectivity index (χ1v) is 12.9. The highest BCUT2D eigenvalue weighted by atomic mass is 15.0. The summed E-state index contributed by atoms with van der Waals surface area (Å²) in [6.45, 7) is 1.56. The van der Waals surface area contributed by atoms with Crippen LogP contribution in [-0.2, 0) is 13.1 Å². The van der Waals surface area contributed by atoms with Gasteiger partial charge in [0.2, 0.25) is 11.0 Å². The first kappa shape index (κ1) is 22.3. The highest BCUT2D eigenvalue weighted by molar-refractivity contribution is 6.07. The van der Waals surface area contributed by atoms with Crippen molar-refractivity contribution < 1.29 is 9.13 Å². The van der Waals surface area contributed by atoms with Gasteiger partial charge in [0, 0.05) is 35.4 Å². The first-order chi connectivity index (χ1) is 18.6. The SMILES string of the molecule is Nc1cc[n+](Cc2ccc3ccc4ccc(C[n+]5ccc(N)c6ccccc65)cc4c3c2)c2ccccc12. The molecule has 0 amide bonds. The van der Waals surface area contributed by atoms with E-state index in [1.54, 1.807) is 0 Å². The van der Waals surface area contributed by atoms with E-state index < -0.39 is 0 Å². The Labute approximate surface area is 221 Å². The Bertz CT molecular complexity index is 1860. The van der Waals surface area contributed by atoms with Crippen LogP contribution in [0.4, 0.5) is 11.4 Å². The summed E-state index contributed by atoms with van der Waals surface area (Å²) in [4.78, 5) is 0. The van der Waals surface area contributed by atoms with Crippen molar-refractivity contribution in [1.29, 1.82) is 0 Å². The van der Waals surface area contributed by atoms with Crippen LogP contribution < -0.4 is 20.6 Å². The van der Waals surface area contributed by atoms with Gasteiger partial charge in [0.1, 0.15) is 0 Å². The van der Waals surface area contributed by atoms with Crippen LogP contribution in [0.5, 0.6) is 0 Å². The van der Waals surface area contributed by atoms with Crippen LogP contribution in [-0.4, -0.2) is 0 Å². The predicted molar refractivity (Wildman–Crippen MR) is 157 cm³/mol. The maximum Gasteiger partial charge on any atom is 0.214 e. The number of aromatic nitrogens is 2. The number of hydrogen-bond donors (Lipinski definition) is 2. The Balaban J connectivity index is 1.31. The molecule has 0 atom stereocenters. The zero-order valence-electron chi connectivity index (χ0n) is 21.0. The van der Waals surface area contributed by atoms with Crippen LogP contribution in [0.25, 0.3) is 43.4 Å². The Morgan fingerprint density at radius 3 is 1.34 bits per heavy atom. The van der Waals surface area contributed by atoms with E-state index in [9.17, 15) is 0 Å². The third-order valence-corrected chi connectivity index (χ3v) is 7.59. The third-order valence-electron chi connectivity index (χ3n) is 7.59. The van der Waals surface area contributed by atoms with Gasteiger partial charge < -0.3 is 11.5 Å². The lowest BCUT2D eigenvalue weighted by Gasteiger charge is -2.09. The summed E-state index contributed by atoms with van der Waals surface area (Å²) < 4.78 is 4.54. The van der Waals surface area contributed by atoms with Gasteiger partial charge in [-0.25, -0.2) is 0 Å². The summed E-state index contributed by atoms with van der Waals surface area (Å²) in [5, 5.41) is 7.20. The number of hydrogen-bond acceptors (Lipinski definition) is 2. The molecule has 5 aromatic carbocycles. The van der Waals surface area contributed by atoms with E-state index in [-0.39, 0.29) is 0 Å². The van der Waals surface area contributed by atoms with Gasteiger partial charge in [0.15, 0.2) is 25.5 Å². The average Bonchev–Trinajstić information content (AvgIpc) is 2.96. The molecule has 0 bridgehead atoms. The van der Waals surface area contributed by atoms with Gasteiger partial charge in [-0.05, 0) is 45.8 Å². The zero-order chi connectivity index (χ0) is 25.6. The van der Waals surface area contributed by atoms with Gasteiger partial charge in [-0.1, -0.05) is 60.7 Å². The Hall–Kier alpha value is -4.96. The van der Waals surface area contributed by atoms with Gasteiger partial charge in [0.25, 0.3) is 0 Å². The molecule has 4 heteroatoms. The summed E-state index contributed by atoms with van der Waals surface area (Å²) in [7, 11) is 0. The predicted octanol–water partition coefficient (Wildman–Crippen LogP) is 6.14. The fourth-order valence-electron chi connectivity index (χ4n) is 5.63. The largest absolute Gasteiger partial charge is 0.398 e. The molecular weight excluding hydrogens is 464 g/mol. The van der Waals surface area contributed by atoms with Crippen molar-refractivity contribution in [3.05, 3.63) is 133 Å². The number of rotatable bonds is 4. The minimum Gasteiger partial charge on any atom is -0.398 e. The molecule has 0 aliphatic heterocycles. The molecule has 182 valence electrons. The van der Waals surface area contributed by atoms with Gasteiger partial charge in [0.05, 0.1) is 22.1 Å². The van der Waals surface area contributed by atoms with Crippen molar-refractivity contribution in [3.63, 3.8) is 0 Å². The summed E-state index contributed by atoms with van der Waals surface area (Å²) in [6, 6.07) is 38.7. The molecule has 0 spiro atoms. The van der Waals surface area contributed by atoms with Crippen molar-refractivity contribution in [1.82, 2.24) is 0 Å². The van der Waals surface area contributed by atoms with Crippen LogP contribution in [0, 0.1) is 0 Å². The average molecular weight is 493 g/mol. The molecule has 2 aromatic heterocycles. The number of nitrogen functional groups attached to an aromatic ring is 2. The Morgan fingerprint density at radius 2 is 0.868 bits per heavy atom. The van der Waals surface area contributed by atoms with Crippen LogP contribution in [0.1, 0.15) is 11.1 Å². The number of para-hydroxylation sites is 2. The lowest BCUT2D eigenvalue weighted by atomic mass is 9.98. The van der Waals surface area contributed by atoms with E-state index in [1.165, 1.54) is 32.7 Å². The van der Waals surface area contributed by atoms with Crippen molar-refractivity contribution in [2.24, 2.45) is 0 Å². The van der Waals surface area contributed by atoms with Crippen LogP contribution >= 0.6 is 0 Å². The second-order valence-corrected chi connectivity index (χ2v) is 10.0. The quantitative estimate of drug-likeness (QED) is 0.229. The standard InChI is InChI=1S/C34H26N4/c35-31-15-17-37(33-7-3-1-5-27(31)33)21-23-9-11-25-13-14-26-12-10-24(20-30(26)29(25)19-23)22-38-18-16-32(36)28-6-2-4-8-34(28)38/h1-20,35-36H,21-22H2/p+2. The molecule has 0 radical (unpaired) electrons. The van der Waals surface area contributed by atoms with E-state index >= 15 is 0 Å². The first-order valence-electron chi connectivity index (χ1n) is 12.9. The maximum atomic E-state index is 6.24. The highest BCUT2D eigenvalue weighted by Gasteiger charge is 2.14. The van der Waals surface area contributed by atoms with E-state index in [0.29, 0.717) is 0 Å². The lowest BCUT2D eigenvalue weighted by Crippen LogP contribution is -2.35. The number of pyridine rings is 2. The normalized spacial score (nSPS) is 11.6. The molecule has 0 unspecified atom stereocenters. The number of benzene rings is 5. The smallest absolute Gasteiger partial charge is 0.214 e. The molecule has 4 N–H and O–H groups in total. The van der Waals surface area contributed by atoms with E-state index in [4.69, 9.17) is 11.5 Å². The third kappa shape index (κ3) is 3.78. The van der Waals surface area contributed by atoms with Gasteiger partial charge in [-0.2, -0.15) is 9.13 Å². The minimum atomic E-state index is 0.778. The topological polar surface area (TPSA) is 59.8 Å². The molecule has 0 aliphatic rings. The van der Waals surface area contributed by atoms with Crippen LogP contribution in [0.15, 0.2) is 122 Å². The molecule has 7 rings (SSSR count). The van der Waals surface area contributed by atoms with Gasteiger partial charge >= 0.3 is 0 Å². The number of nitrogens with zero attached hydrogens (tertiary/aromatic N) is 2. The highest BCUT2D eigenvalue weighted by Crippen LogP contribution is 2.28. The second kappa shape index (κ2) is 8.86. The summed E-state index contributed by atoms with van der Waals surface area (Å²) in [5.74, 6) is 0. The fraction of sp³-hybridized carbons (Fsp3) is 0.0588. The Kier molecular flexibility index (Phi) is 5.19. The maximum absolute atomic E-state index is 6.24. The lowest BCUT2D eigenvalue weighted by molar-refractivity contribution is -0.662. The van der Waals surface area contributed by atoms with Crippen molar-refractivity contribution in [2.45, 2.75) is 13.1 Å². The number of nitrogens with two attached hydrogens (primary N) is 2. The fourth-order valence-corrected chi connectivity index (χ4v) is 5.63. The molecule has 2 heterocycles. The minimum absolute atomic E-state index is 0.778. The number of anilines is 2. The molecule has 0 saturated heterocycles. The summed E-state index contributed by atoms with van der Waals surface area (Å²) in [6.07, 6.45) is 4.16. The van der Waals surface area contributed by atoms with Crippen molar-refractivity contribution in [2.75, 3.05) is 11.5 Å².